The van der Waals surface area contributed by atoms with E-state index in [2.05, 4.69) is 4.98 Å². The molecule has 0 aliphatic rings. The third-order valence-electron chi connectivity index (χ3n) is 3.81. The normalized spacial score (nSPS) is 12.3. The third kappa shape index (κ3) is 3.39. The summed E-state index contributed by atoms with van der Waals surface area (Å²) in [6, 6.07) is 3.38. The van der Waals surface area contributed by atoms with Crippen LogP contribution in [0, 0.1) is 5.82 Å². The Morgan fingerprint density at radius 1 is 1.12 bits per heavy atom. The number of halogens is 6. The van der Waals surface area contributed by atoms with E-state index < -0.39 is 17.7 Å². The van der Waals surface area contributed by atoms with Crippen molar-refractivity contribution in [3.05, 3.63) is 57.7 Å². The summed E-state index contributed by atoms with van der Waals surface area (Å²) in [6.07, 6.45) is -2.26. The number of hydrogen-bond donors (Lipinski definition) is 0. The summed E-state index contributed by atoms with van der Waals surface area (Å²) in [7, 11) is 3.63. The van der Waals surface area contributed by atoms with Crippen molar-refractivity contribution in [3.63, 3.8) is 0 Å². The average molecular weight is 406 g/mol. The van der Waals surface area contributed by atoms with Gasteiger partial charge in [-0.15, -0.1) is 0 Å². The van der Waals surface area contributed by atoms with Crippen molar-refractivity contribution in [2.45, 2.75) is 12.7 Å². The lowest BCUT2D eigenvalue weighted by molar-refractivity contribution is -0.142. The Hall–Kier alpha value is -1.83. The highest BCUT2D eigenvalue weighted by Crippen LogP contribution is 2.40. The van der Waals surface area contributed by atoms with Crippen LogP contribution in [0.15, 0.2) is 30.6 Å². The lowest BCUT2D eigenvalue weighted by Gasteiger charge is -2.17. The first-order valence-corrected chi connectivity index (χ1v) is 8.21. The molecule has 3 aromatic rings. The Labute approximate surface area is 156 Å². The number of pyridine rings is 1. The number of imidazole rings is 1. The third-order valence-corrected chi connectivity index (χ3v) is 4.46. The van der Waals surface area contributed by atoms with Crippen molar-refractivity contribution in [3.8, 4) is 11.1 Å². The van der Waals surface area contributed by atoms with Gasteiger partial charge in [0, 0.05) is 35.1 Å². The van der Waals surface area contributed by atoms with Crippen LogP contribution in [0.5, 0.6) is 0 Å². The van der Waals surface area contributed by atoms with Crippen molar-refractivity contribution >= 4 is 28.8 Å². The second kappa shape index (κ2) is 6.72. The number of alkyl halides is 3. The molecule has 0 saturated heterocycles. The van der Waals surface area contributed by atoms with Crippen molar-refractivity contribution in [2.75, 3.05) is 14.1 Å². The molecular weight excluding hydrogens is 393 g/mol. The van der Waals surface area contributed by atoms with E-state index in [1.54, 1.807) is 0 Å². The lowest BCUT2D eigenvalue weighted by Crippen LogP contribution is -2.13. The summed E-state index contributed by atoms with van der Waals surface area (Å²) >= 11 is 12.2. The van der Waals surface area contributed by atoms with Gasteiger partial charge in [-0.05, 0) is 37.9 Å². The SMILES string of the molecule is CN(C)Cc1cc(-c2c(Cl)cc(C(F)(F)F)n3ccnc23)c(F)cc1Cl. The fourth-order valence-electron chi connectivity index (χ4n) is 2.77. The predicted molar refractivity (Wildman–Crippen MR) is 93.0 cm³/mol. The van der Waals surface area contributed by atoms with E-state index in [4.69, 9.17) is 23.2 Å². The van der Waals surface area contributed by atoms with E-state index in [0.717, 1.165) is 22.7 Å². The summed E-state index contributed by atoms with van der Waals surface area (Å²) in [4.78, 5) is 5.79. The van der Waals surface area contributed by atoms with Crippen LogP contribution in [0.3, 0.4) is 0 Å². The van der Waals surface area contributed by atoms with Crippen molar-refractivity contribution < 1.29 is 17.6 Å². The molecule has 3 nitrogen and oxygen atoms in total. The summed E-state index contributed by atoms with van der Waals surface area (Å²) < 4.78 is 55.2. The largest absolute Gasteiger partial charge is 0.431 e. The molecule has 0 aliphatic carbocycles. The maximum absolute atomic E-state index is 14.6. The Bertz CT molecular complexity index is 980. The Morgan fingerprint density at radius 3 is 2.42 bits per heavy atom. The van der Waals surface area contributed by atoms with Gasteiger partial charge < -0.3 is 4.90 Å². The predicted octanol–water partition coefficient (Wildman–Crippen LogP) is 5.53. The minimum atomic E-state index is -4.63. The molecule has 0 saturated carbocycles. The van der Waals surface area contributed by atoms with Crippen LogP contribution in [0.2, 0.25) is 10.0 Å². The van der Waals surface area contributed by atoms with Crippen molar-refractivity contribution in [1.82, 2.24) is 14.3 Å². The van der Waals surface area contributed by atoms with Gasteiger partial charge in [-0.1, -0.05) is 23.2 Å². The number of nitrogens with zero attached hydrogens (tertiary/aromatic N) is 3. The number of aromatic nitrogens is 2. The molecule has 0 aliphatic heterocycles. The molecule has 0 bridgehead atoms. The highest BCUT2D eigenvalue weighted by molar-refractivity contribution is 6.34. The molecule has 0 atom stereocenters. The van der Waals surface area contributed by atoms with Crippen LogP contribution in [-0.2, 0) is 12.7 Å². The highest BCUT2D eigenvalue weighted by Gasteiger charge is 2.35. The molecule has 138 valence electrons. The number of hydrogen-bond acceptors (Lipinski definition) is 2. The first-order valence-electron chi connectivity index (χ1n) is 7.45. The molecule has 0 spiro atoms. The van der Waals surface area contributed by atoms with E-state index in [1.165, 1.54) is 12.3 Å². The topological polar surface area (TPSA) is 20.5 Å². The smallest absolute Gasteiger partial charge is 0.305 e. The van der Waals surface area contributed by atoms with Gasteiger partial charge in [0.15, 0.2) is 0 Å². The summed E-state index contributed by atoms with van der Waals surface area (Å²) in [5.41, 5.74) is -0.322. The standard InChI is InChI=1S/C17H13Cl2F4N3/c1-25(2)8-9-5-10(13(20)6-11(9)18)15-12(19)7-14(17(21,22)23)26-4-3-24-16(15)26/h3-7H,8H2,1-2H3. The van der Waals surface area contributed by atoms with E-state index in [-0.39, 0.29) is 26.8 Å². The molecule has 1 aromatic carbocycles. The number of rotatable bonds is 3. The van der Waals surface area contributed by atoms with Gasteiger partial charge in [0.05, 0.1) is 5.02 Å². The molecule has 0 N–H and O–H groups in total. The maximum Gasteiger partial charge on any atom is 0.431 e. The summed E-state index contributed by atoms with van der Waals surface area (Å²) in [5, 5.41) is -0.0182. The first-order chi connectivity index (χ1) is 12.1. The molecule has 0 unspecified atom stereocenters. The molecule has 26 heavy (non-hydrogen) atoms. The lowest BCUT2D eigenvalue weighted by atomic mass is 10.0. The number of fused-ring (bicyclic) bond motifs is 1. The Morgan fingerprint density at radius 2 is 1.81 bits per heavy atom. The van der Waals surface area contributed by atoms with Crippen molar-refractivity contribution in [2.24, 2.45) is 0 Å². The molecule has 2 heterocycles. The van der Waals surface area contributed by atoms with Crippen LogP contribution in [-0.4, -0.2) is 28.4 Å². The molecule has 0 fully saturated rings. The van der Waals surface area contributed by atoms with Gasteiger partial charge in [-0.3, -0.25) is 4.40 Å². The van der Waals surface area contributed by atoms with Gasteiger partial charge in [0.2, 0.25) is 0 Å². The van der Waals surface area contributed by atoms with Crippen LogP contribution in [0.4, 0.5) is 17.6 Å². The Kier molecular flexibility index (Phi) is 4.90. The monoisotopic (exact) mass is 405 g/mol. The zero-order valence-corrected chi connectivity index (χ0v) is 15.2. The molecule has 9 heteroatoms. The van der Waals surface area contributed by atoms with Gasteiger partial charge in [0.1, 0.15) is 17.2 Å². The summed E-state index contributed by atoms with van der Waals surface area (Å²) in [5.74, 6) is -0.691. The highest BCUT2D eigenvalue weighted by atomic mass is 35.5. The van der Waals surface area contributed by atoms with Gasteiger partial charge >= 0.3 is 6.18 Å². The van der Waals surface area contributed by atoms with Crippen LogP contribution in [0.1, 0.15) is 11.3 Å². The van der Waals surface area contributed by atoms with Crippen LogP contribution < -0.4 is 0 Å². The molecule has 2 aromatic heterocycles. The van der Waals surface area contributed by atoms with Crippen LogP contribution in [0.25, 0.3) is 16.8 Å². The molecular formula is C17H13Cl2F4N3. The first kappa shape index (κ1) is 18.9. The second-order valence-electron chi connectivity index (χ2n) is 6.03. The summed E-state index contributed by atoms with van der Waals surface area (Å²) in [6.45, 7) is 0.426. The van der Waals surface area contributed by atoms with Crippen molar-refractivity contribution in [1.29, 1.82) is 0 Å². The van der Waals surface area contributed by atoms with Crippen LogP contribution >= 0.6 is 23.2 Å². The molecule has 0 radical (unpaired) electrons. The molecule has 3 rings (SSSR count). The zero-order chi connectivity index (χ0) is 19.2. The fraction of sp³-hybridized carbons (Fsp3) is 0.235. The maximum atomic E-state index is 14.6. The van der Waals surface area contributed by atoms with E-state index in [1.807, 2.05) is 19.0 Å². The minimum Gasteiger partial charge on any atom is -0.305 e. The van der Waals surface area contributed by atoms with Gasteiger partial charge in [0.25, 0.3) is 0 Å². The zero-order valence-electron chi connectivity index (χ0n) is 13.7. The Balaban J connectivity index is 2.30. The van der Waals surface area contributed by atoms with Gasteiger partial charge in [-0.2, -0.15) is 13.2 Å². The molecule has 0 amide bonds. The quantitative estimate of drug-likeness (QED) is 0.534. The van der Waals surface area contributed by atoms with E-state index >= 15 is 0 Å². The number of benzene rings is 1. The fourth-order valence-corrected chi connectivity index (χ4v) is 3.27. The minimum absolute atomic E-state index is 0.0428. The average Bonchev–Trinajstić information content (AvgIpc) is 2.97. The van der Waals surface area contributed by atoms with Gasteiger partial charge in [-0.25, -0.2) is 9.37 Å². The second-order valence-corrected chi connectivity index (χ2v) is 6.85. The van der Waals surface area contributed by atoms with E-state index in [9.17, 15) is 17.6 Å². The van der Waals surface area contributed by atoms with E-state index in [0.29, 0.717) is 12.1 Å².